The monoisotopic (exact) mass is 318 g/mol. The van der Waals surface area contributed by atoms with E-state index in [0.29, 0.717) is 12.5 Å². The van der Waals surface area contributed by atoms with E-state index in [4.69, 9.17) is 0 Å². The molecule has 0 aliphatic carbocycles. The lowest BCUT2D eigenvalue weighted by molar-refractivity contribution is 0.238. The Morgan fingerprint density at radius 2 is 2.00 bits per heavy atom. The molecule has 22 heavy (non-hydrogen) atoms. The van der Waals surface area contributed by atoms with E-state index in [2.05, 4.69) is 39.8 Å². The van der Waals surface area contributed by atoms with Crippen LogP contribution < -0.4 is 10.6 Å². The van der Waals surface area contributed by atoms with Crippen molar-refractivity contribution in [1.29, 1.82) is 0 Å². The molecule has 0 saturated heterocycles. The fraction of sp³-hybridized carbons (Fsp3) is 0.438. The first-order valence-corrected chi connectivity index (χ1v) is 8.33. The predicted molar refractivity (Wildman–Crippen MR) is 89.1 cm³/mol. The molecule has 6 heteroatoms. The van der Waals surface area contributed by atoms with Gasteiger partial charge in [-0.25, -0.2) is 9.78 Å². The van der Waals surface area contributed by atoms with E-state index in [9.17, 15) is 4.79 Å². The van der Waals surface area contributed by atoms with E-state index in [1.54, 1.807) is 23.7 Å². The molecule has 2 aromatic rings. The third-order valence-corrected chi connectivity index (χ3v) is 4.48. The molecule has 0 bridgehead atoms. The Morgan fingerprint density at radius 1 is 1.27 bits per heavy atom. The minimum Gasteiger partial charge on any atom is -0.338 e. The van der Waals surface area contributed by atoms with Gasteiger partial charge in [-0.3, -0.25) is 4.98 Å². The van der Waals surface area contributed by atoms with Crippen LogP contribution in [0.1, 0.15) is 49.0 Å². The lowest BCUT2D eigenvalue weighted by atomic mass is 10.1. The van der Waals surface area contributed by atoms with Crippen LogP contribution in [0, 0.1) is 0 Å². The number of aromatic nitrogens is 2. The number of hydrogen-bond donors (Lipinski definition) is 2. The van der Waals surface area contributed by atoms with Crippen LogP contribution >= 0.6 is 11.3 Å². The zero-order valence-corrected chi connectivity index (χ0v) is 14.0. The molecule has 0 aliphatic rings. The first-order chi connectivity index (χ1) is 10.6. The largest absolute Gasteiger partial charge is 0.338 e. The number of hydrogen-bond acceptors (Lipinski definition) is 4. The number of amides is 2. The highest BCUT2D eigenvalue weighted by Crippen LogP contribution is 2.19. The van der Waals surface area contributed by atoms with Crippen molar-refractivity contribution in [3.8, 4) is 0 Å². The molecule has 1 atom stereocenters. The molecule has 0 spiro atoms. The van der Waals surface area contributed by atoms with Crippen LogP contribution in [-0.4, -0.2) is 22.5 Å². The van der Waals surface area contributed by atoms with Crippen LogP contribution in [-0.2, 0) is 6.42 Å². The average Bonchev–Trinajstić information content (AvgIpc) is 2.97. The molecule has 0 aromatic carbocycles. The number of rotatable bonds is 6. The van der Waals surface area contributed by atoms with E-state index in [-0.39, 0.29) is 12.1 Å². The third-order valence-electron chi connectivity index (χ3n) is 3.28. The summed E-state index contributed by atoms with van der Waals surface area (Å²) in [4.78, 5) is 20.4. The van der Waals surface area contributed by atoms with Crippen LogP contribution in [0.25, 0.3) is 0 Å². The molecule has 0 saturated carbocycles. The van der Waals surface area contributed by atoms with Crippen molar-refractivity contribution < 1.29 is 4.79 Å². The zero-order valence-electron chi connectivity index (χ0n) is 13.2. The van der Waals surface area contributed by atoms with Crippen molar-refractivity contribution >= 4 is 17.4 Å². The number of thiazole rings is 1. The van der Waals surface area contributed by atoms with Gasteiger partial charge in [-0.05, 0) is 24.6 Å². The Balaban J connectivity index is 1.73. The summed E-state index contributed by atoms with van der Waals surface area (Å²) in [6, 6.07) is 3.58. The number of nitrogens with zero attached hydrogens (tertiary/aromatic N) is 2. The summed E-state index contributed by atoms with van der Waals surface area (Å²) in [5.74, 6) is 0.455. The minimum atomic E-state index is -0.163. The van der Waals surface area contributed by atoms with Gasteiger partial charge in [-0.2, -0.15) is 0 Å². The Hall–Kier alpha value is -1.95. The second-order valence-electron chi connectivity index (χ2n) is 5.48. The number of urea groups is 1. The molecule has 2 N–H and O–H groups in total. The van der Waals surface area contributed by atoms with Gasteiger partial charge >= 0.3 is 6.03 Å². The van der Waals surface area contributed by atoms with Gasteiger partial charge in [0.1, 0.15) is 0 Å². The number of nitrogens with one attached hydrogen (secondary N) is 2. The van der Waals surface area contributed by atoms with Crippen molar-refractivity contribution in [3.63, 3.8) is 0 Å². The lowest BCUT2D eigenvalue weighted by Gasteiger charge is -2.14. The van der Waals surface area contributed by atoms with Gasteiger partial charge in [0.05, 0.1) is 16.7 Å². The summed E-state index contributed by atoms with van der Waals surface area (Å²) in [6.45, 7) is 6.80. The van der Waals surface area contributed by atoms with Gasteiger partial charge in [0.2, 0.25) is 0 Å². The Kier molecular flexibility index (Phi) is 5.89. The Labute approximate surface area is 135 Å². The number of pyridine rings is 1. The highest BCUT2D eigenvalue weighted by Gasteiger charge is 2.09. The molecule has 2 amide bonds. The maximum absolute atomic E-state index is 11.9. The predicted octanol–water partition coefficient (Wildman–Crippen LogP) is 3.26. The lowest BCUT2D eigenvalue weighted by Crippen LogP contribution is -2.38. The molecule has 2 aromatic heterocycles. The Bertz CT molecular complexity index is 597. The van der Waals surface area contributed by atoms with Gasteiger partial charge in [-0.1, -0.05) is 13.8 Å². The fourth-order valence-corrected chi connectivity index (χ4v) is 2.86. The zero-order chi connectivity index (χ0) is 15.9. The molecular weight excluding hydrogens is 296 g/mol. The van der Waals surface area contributed by atoms with E-state index < -0.39 is 0 Å². The highest BCUT2D eigenvalue weighted by atomic mass is 32.1. The van der Waals surface area contributed by atoms with E-state index >= 15 is 0 Å². The van der Waals surface area contributed by atoms with Gasteiger partial charge in [-0.15, -0.1) is 11.3 Å². The van der Waals surface area contributed by atoms with Crippen LogP contribution in [0.3, 0.4) is 0 Å². The second-order valence-corrected chi connectivity index (χ2v) is 6.37. The van der Waals surface area contributed by atoms with Crippen molar-refractivity contribution in [2.75, 3.05) is 6.54 Å². The summed E-state index contributed by atoms with van der Waals surface area (Å²) in [6.07, 6.45) is 4.19. The fourth-order valence-electron chi connectivity index (χ4n) is 1.99. The van der Waals surface area contributed by atoms with Crippen molar-refractivity contribution in [3.05, 3.63) is 46.2 Å². The maximum Gasteiger partial charge on any atom is 0.315 e. The maximum atomic E-state index is 11.9. The molecule has 2 heterocycles. The summed E-state index contributed by atoms with van der Waals surface area (Å²) in [7, 11) is 0. The smallest absolute Gasteiger partial charge is 0.315 e. The van der Waals surface area contributed by atoms with Crippen LogP contribution in [0.4, 0.5) is 4.79 Å². The van der Waals surface area contributed by atoms with Crippen LogP contribution in [0.5, 0.6) is 0 Å². The molecule has 0 aliphatic heterocycles. The molecular formula is C16H22N4OS. The first-order valence-electron chi connectivity index (χ1n) is 7.45. The number of carbonyl (C=O) groups excluding carboxylic acids is 1. The van der Waals surface area contributed by atoms with Crippen molar-refractivity contribution in [1.82, 2.24) is 20.6 Å². The van der Waals surface area contributed by atoms with Gasteiger partial charge in [0.25, 0.3) is 0 Å². The van der Waals surface area contributed by atoms with E-state index in [1.165, 1.54) is 0 Å². The van der Waals surface area contributed by atoms with Gasteiger partial charge in [0.15, 0.2) is 0 Å². The van der Waals surface area contributed by atoms with E-state index in [1.807, 2.05) is 19.1 Å². The van der Waals surface area contributed by atoms with Crippen LogP contribution in [0.2, 0.25) is 0 Å². The summed E-state index contributed by atoms with van der Waals surface area (Å²) in [5, 5.41) is 8.99. The molecule has 0 unspecified atom stereocenters. The molecule has 0 fully saturated rings. The molecule has 0 radical (unpaired) electrons. The van der Waals surface area contributed by atoms with Crippen molar-refractivity contribution in [2.45, 2.75) is 39.2 Å². The Morgan fingerprint density at radius 3 is 2.64 bits per heavy atom. The number of carbonyl (C=O) groups is 1. The SMILES string of the molecule is CC(C)c1nc(CCNC(=O)N[C@@H](C)c2ccncc2)cs1. The van der Waals surface area contributed by atoms with Gasteiger partial charge < -0.3 is 10.6 Å². The average molecular weight is 318 g/mol. The molecule has 2 rings (SSSR count). The van der Waals surface area contributed by atoms with E-state index in [0.717, 1.165) is 22.7 Å². The second kappa shape index (κ2) is 7.89. The first kappa shape index (κ1) is 16.4. The highest BCUT2D eigenvalue weighted by molar-refractivity contribution is 7.09. The molecule has 5 nitrogen and oxygen atoms in total. The summed E-state index contributed by atoms with van der Waals surface area (Å²) >= 11 is 1.68. The normalized spacial score (nSPS) is 12.2. The topological polar surface area (TPSA) is 66.9 Å². The minimum absolute atomic E-state index is 0.0465. The standard InChI is InChI=1S/C16H22N4OS/c1-11(2)15-20-14(10-22-15)6-9-18-16(21)19-12(3)13-4-7-17-8-5-13/h4-5,7-8,10-12H,6,9H2,1-3H3,(H2,18,19,21)/t12-/m0/s1. The molecule has 118 valence electrons. The van der Waals surface area contributed by atoms with Crippen molar-refractivity contribution in [2.24, 2.45) is 0 Å². The summed E-state index contributed by atoms with van der Waals surface area (Å²) < 4.78 is 0. The summed E-state index contributed by atoms with van der Waals surface area (Å²) in [5.41, 5.74) is 2.07. The quantitative estimate of drug-likeness (QED) is 0.859. The van der Waals surface area contributed by atoms with Gasteiger partial charge in [0, 0.05) is 36.7 Å². The van der Waals surface area contributed by atoms with Crippen LogP contribution in [0.15, 0.2) is 29.9 Å². The third kappa shape index (κ3) is 4.80.